The number of hydrogen-bond acceptors (Lipinski definition) is 2. The molecule has 0 aromatic heterocycles. The first-order valence-corrected chi connectivity index (χ1v) is 7.53. The molecule has 2 fully saturated rings. The van der Waals surface area contributed by atoms with Crippen LogP contribution < -0.4 is 5.73 Å². The van der Waals surface area contributed by atoms with Gasteiger partial charge in [-0.2, -0.15) is 0 Å². The van der Waals surface area contributed by atoms with Gasteiger partial charge in [0.15, 0.2) is 0 Å². The average molecular weight is 239 g/mol. The molecule has 2 N–H and O–H groups in total. The molecule has 2 saturated carbocycles. The Morgan fingerprint density at radius 1 is 1.06 bits per heavy atom. The largest absolute Gasteiger partial charge is 0.370 e. The Hall–Kier alpha value is -0.0800. The lowest BCUT2D eigenvalue weighted by molar-refractivity contribution is -0.127. The number of rotatable bonds is 3. The minimum Gasteiger partial charge on any atom is -0.370 e. The van der Waals surface area contributed by atoms with Crippen LogP contribution >= 0.6 is 0 Å². The molecule has 0 spiro atoms. The third-order valence-electron chi connectivity index (χ3n) is 5.10. The molecule has 17 heavy (non-hydrogen) atoms. The van der Waals surface area contributed by atoms with E-state index in [1.807, 2.05) is 0 Å². The Bertz CT molecular complexity index is 235. The summed E-state index contributed by atoms with van der Waals surface area (Å²) in [6, 6.07) is 0. The molecule has 0 bridgehead atoms. The maximum atomic E-state index is 6.46. The lowest BCUT2D eigenvalue weighted by Gasteiger charge is -2.42. The number of nitrogens with two attached hydrogens (primary N) is 1. The fourth-order valence-corrected chi connectivity index (χ4v) is 3.52. The van der Waals surface area contributed by atoms with Crippen LogP contribution in [0.5, 0.6) is 0 Å². The standard InChI is InChI=1S/C15H29NO/c1-12-6-7-14(10-13(12)2)17-15(11-16)8-4-3-5-9-15/h12-14H,3-11,16H2,1-2H3. The second-order valence-corrected chi connectivity index (χ2v) is 6.46. The van der Waals surface area contributed by atoms with Crippen LogP contribution in [0.25, 0.3) is 0 Å². The fraction of sp³-hybridized carbons (Fsp3) is 1.00. The lowest BCUT2D eigenvalue weighted by Crippen LogP contribution is -2.46. The van der Waals surface area contributed by atoms with Crippen LogP contribution in [-0.4, -0.2) is 18.2 Å². The van der Waals surface area contributed by atoms with Crippen molar-refractivity contribution >= 4 is 0 Å². The maximum Gasteiger partial charge on any atom is 0.0807 e. The first-order chi connectivity index (χ1) is 8.15. The highest BCUT2D eigenvalue weighted by Gasteiger charge is 2.36. The minimum absolute atomic E-state index is 0.0310. The van der Waals surface area contributed by atoms with Gasteiger partial charge in [0, 0.05) is 6.54 Å². The molecule has 0 aromatic rings. The smallest absolute Gasteiger partial charge is 0.0807 e. The molecule has 2 nitrogen and oxygen atoms in total. The summed E-state index contributed by atoms with van der Waals surface area (Å²) in [6.07, 6.45) is 10.6. The summed E-state index contributed by atoms with van der Waals surface area (Å²) in [5, 5.41) is 0. The minimum atomic E-state index is 0.0310. The summed E-state index contributed by atoms with van der Waals surface area (Å²) in [5.74, 6) is 1.68. The highest BCUT2D eigenvalue weighted by atomic mass is 16.5. The zero-order valence-electron chi connectivity index (χ0n) is 11.6. The van der Waals surface area contributed by atoms with E-state index in [1.165, 1.54) is 51.4 Å². The Labute approximate surface area is 106 Å². The third kappa shape index (κ3) is 3.23. The molecule has 2 aliphatic carbocycles. The molecule has 2 heteroatoms. The normalized spacial score (nSPS) is 37.9. The van der Waals surface area contributed by atoms with Crippen LogP contribution in [0.4, 0.5) is 0 Å². The molecule has 0 amide bonds. The van der Waals surface area contributed by atoms with E-state index in [0.29, 0.717) is 12.6 Å². The van der Waals surface area contributed by atoms with Gasteiger partial charge in [-0.3, -0.25) is 0 Å². The van der Waals surface area contributed by atoms with Gasteiger partial charge in [0.05, 0.1) is 11.7 Å². The summed E-state index contributed by atoms with van der Waals surface area (Å²) in [4.78, 5) is 0. The Morgan fingerprint density at radius 2 is 1.76 bits per heavy atom. The van der Waals surface area contributed by atoms with Gasteiger partial charge in [0.1, 0.15) is 0 Å². The highest BCUT2D eigenvalue weighted by molar-refractivity contribution is 4.88. The van der Waals surface area contributed by atoms with Gasteiger partial charge in [0.25, 0.3) is 0 Å². The summed E-state index contributed by atoms with van der Waals surface area (Å²) in [5.41, 5.74) is 6.02. The predicted octanol–water partition coefficient (Wildman–Crippen LogP) is 3.49. The molecule has 0 saturated heterocycles. The van der Waals surface area contributed by atoms with Crippen molar-refractivity contribution in [3.63, 3.8) is 0 Å². The summed E-state index contributed by atoms with van der Waals surface area (Å²) < 4.78 is 6.46. The van der Waals surface area contributed by atoms with Crippen molar-refractivity contribution in [1.82, 2.24) is 0 Å². The van der Waals surface area contributed by atoms with Crippen LogP contribution in [0.2, 0.25) is 0 Å². The zero-order chi connectivity index (χ0) is 12.3. The van der Waals surface area contributed by atoms with Gasteiger partial charge in [-0.1, -0.05) is 33.1 Å². The summed E-state index contributed by atoms with van der Waals surface area (Å²) >= 11 is 0. The molecule has 0 radical (unpaired) electrons. The second-order valence-electron chi connectivity index (χ2n) is 6.46. The van der Waals surface area contributed by atoms with E-state index in [4.69, 9.17) is 10.5 Å². The van der Waals surface area contributed by atoms with E-state index < -0.39 is 0 Å². The van der Waals surface area contributed by atoms with Crippen molar-refractivity contribution in [3.05, 3.63) is 0 Å². The van der Waals surface area contributed by atoms with Gasteiger partial charge in [-0.25, -0.2) is 0 Å². The molecule has 3 atom stereocenters. The average Bonchev–Trinajstić information content (AvgIpc) is 2.35. The Morgan fingerprint density at radius 3 is 2.35 bits per heavy atom. The summed E-state index contributed by atoms with van der Waals surface area (Å²) in [6.45, 7) is 5.46. The Balaban J connectivity index is 1.90. The SMILES string of the molecule is CC1CCC(OC2(CN)CCCCC2)CC1C. The number of hydrogen-bond donors (Lipinski definition) is 1. The predicted molar refractivity (Wildman–Crippen MR) is 71.9 cm³/mol. The molecule has 0 heterocycles. The Kier molecular flexibility index (Phi) is 4.48. The quantitative estimate of drug-likeness (QED) is 0.818. The topological polar surface area (TPSA) is 35.2 Å². The monoisotopic (exact) mass is 239 g/mol. The molecule has 100 valence electrons. The van der Waals surface area contributed by atoms with E-state index in [2.05, 4.69) is 13.8 Å². The molecule has 2 aliphatic rings. The van der Waals surface area contributed by atoms with Crippen LogP contribution in [0, 0.1) is 11.8 Å². The van der Waals surface area contributed by atoms with E-state index in [9.17, 15) is 0 Å². The first kappa shape index (κ1) is 13.4. The highest BCUT2D eigenvalue weighted by Crippen LogP contribution is 2.37. The van der Waals surface area contributed by atoms with Gasteiger partial charge in [0.2, 0.25) is 0 Å². The zero-order valence-corrected chi connectivity index (χ0v) is 11.6. The van der Waals surface area contributed by atoms with Crippen molar-refractivity contribution < 1.29 is 4.74 Å². The van der Waals surface area contributed by atoms with Crippen LogP contribution in [0.1, 0.15) is 65.2 Å². The number of ether oxygens (including phenoxy) is 1. The van der Waals surface area contributed by atoms with Gasteiger partial charge in [-0.15, -0.1) is 0 Å². The van der Waals surface area contributed by atoms with E-state index in [0.717, 1.165) is 11.8 Å². The van der Waals surface area contributed by atoms with Gasteiger partial charge < -0.3 is 10.5 Å². The van der Waals surface area contributed by atoms with E-state index in [1.54, 1.807) is 0 Å². The van der Waals surface area contributed by atoms with Crippen LogP contribution in [0.15, 0.2) is 0 Å². The lowest BCUT2D eigenvalue weighted by atomic mass is 9.79. The summed E-state index contributed by atoms with van der Waals surface area (Å²) in [7, 11) is 0. The maximum absolute atomic E-state index is 6.46. The third-order valence-corrected chi connectivity index (χ3v) is 5.10. The van der Waals surface area contributed by atoms with Crippen molar-refractivity contribution in [1.29, 1.82) is 0 Å². The van der Waals surface area contributed by atoms with Crippen molar-refractivity contribution in [2.24, 2.45) is 17.6 Å². The van der Waals surface area contributed by atoms with Crippen molar-refractivity contribution in [2.75, 3.05) is 6.54 Å². The first-order valence-electron chi connectivity index (χ1n) is 7.53. The molecule has 3 unspecified atom stereocenters. The molecule has 0 aromatic carbocycles. The fourth-order valence-electron chi connectivity index (χ4n) is 3.52. The molecule has 2 rings (SSSR count). The van der Waals surface area contributed by atoms with Crippen molar-refractivity contribution in [2.45, 2.75) is 76.9 Å². The van der Waals surface area contributed by atoms with Gasteiger partial charge in [-0.05, 0) is 43.9 Å². The molecular weight excluding hydrogens is 210 g/mol. The van der Waals surface area contributed by atoms with Gasteiger partial charge >= 0.3 is 0 Å². The van der Waals surface area contributed by atoms with Crippen molar-refractivity contribution in [3.8, 4) is 0 Å². The van der Waals surface area contributed by atoms with E-state index in [-0.39, 0.29) is 5.60 Å². The van der Waals surface area contributed by atoms with Crippen LogP contribution in [-0.2, 0) is 4.74 Å². The second kappa shape index (κ2) is 5.71. The molecule has 0 aliphatic heterocycles. The van der Waals surface area contributed by atoms with E-state index >= 15 is 0 Å². The van der Waals surface area contributed by atoms with Crippen LogP contribution in [0.3, 0.4) is 0 Å². The molecular formula is C15H29NO.